The number of benzene rings is 1. The first-order valence-corrected chi connectivity index (χ1v) is 9.03. The summed E-state index contributed by atoms with van der Waals surface area (Å²) in [5.41, 5.74) is 1.12. The largest absolute Gasteiger partial charge is 0.491 e. The number of carbonyl (C=O) groups is 1. The van der Waals surface area contributed by atoms with Crippen LogP contribution in [0.3, 0.4) is 0 Å². The summed E-state index contributed by atoms with van der Waals surface area (Å²) in [5, 5.41) is 14.7. The fraction of sp³-hybridized carbons (Fsp3) is 0.235. The van der Waals surface area contributed by atoms with Crippen molar-refractivity contribution in [2.75, 3.05) is 12.4 Å². The van der Waals surface area contributed by atoms with Crippen LogP contribution in [0.2, 0.25) is 0 Å². The van der Waals surface area contributed by atoms with E-state index in [-0.39, 0.29) is 23.6 Å². The van der Waals surface area contributed by atoms with Crippen LogP contribution < -0.4 is 15.5 Å². The standard InChI is InChI=1S/C17H18N6O3S/c1-22-17(19-20-21-22)27-11-13-8-14(24)15(26-2)9-23(13)10-16(25)18-12-6-4-3-5-7-12/h3-9H,10-11H2,1-2H3,(H,18,25). The predicted molar refractivity (Wildman–Crippen MR) is 101 cm³/mol. The predicted octanol–water partition coefficient (Wildman–Crippen LogP) is 1.31. The molecule has 0 spiro atoms. The normalized spacial score (nSPS) is 10.6. The molecule has 0 aliphatic carbocycles. The van der Waals surface area contributed by atoms with Crippen molar-refractivity contribution in [2.24, 2.45) is 7.05 Å². The van der Waals surface area contributed by atoms with Gasteiger partial charge in [0.1, 0.15) is 6.54 Å². The first kappa shape index (κ1) is 18.6. The van der Waals surface area contributed by atoms with Crippen molar-refractivity contribution < 1.29 is 9.53 Å². The van der Waals surface area contributed by atoms with E-state index >= 15 is 0 Å². The van der Waals surface area contributed by atoms with Gasteiger partial charge in [-0.1, -0.05) is 30.0 Å². The Hall–Kier alpha value is -3.14. The zero-order chi connectivity index (χ0) is 19.2. The van der Waals surface area contributed by atoms with Gasteiger partial charge in [-0.25, -0.2) is 4.68 Å². The van der Waals surface area contributed by atoms with Crippen molar-refractivity contribution in [3.05, 3.63) is 58.5 Å². The molecule has 0 atom stereocenters. The Morgan fingerprint density at radius 1 is 1.30 bits per heavy atom. The minimum absolute atomic E-state index is 0.0402. The van der Waals surface area contributed by atoms with Crippen molar-refractivity contribution in [1.29, 1.82) is 0 Å². The number of anilines is 1. The van der Waals surface area contributed by atoms with Crippen LogP contribution in [0.15, 0.2) is 52.5 Å². The van der Waals surface area contributed by atoms with Crippen LogP contribution >= 0.6 is 11.8 Å². The van der Waals surface area contributed by atoms with Gasteiger partial charge in [0.15, 0.2) is 5.75 Å². The van der Waals surface area contributed by atoms with E-state index in [2.05, 4.69) is 20.8 Å². The molecular formula is C17H18N6O3S. The molecule has 0 radical (unpaired) electrons. The highest BCUT2D eigenvalue weighted by molar-refractivity contribution is 7.98. The number of pyridine rings is 1. The Balaban J connectivity index is 1.80. The van der Waals surface area contributed by atoms with Crippen molar-refractivity contribution in [2.45, 2.75) is 17.5 Å². The van der Waals surface area contributed by atoms with Gasteiger partial charge in [0.2, 0.25) is 16.5 Å². The summed E-state index contributed by atoms with van der Waals surface area (Å²) in [5.74, 6) is 0.390. The minimum Gasteiger partial charge on any atom is -0.491 e. The van der Waals surface area contributed by atoms with E-state index in [0.717, 1.165) is 0 Å². The molecule has 2 heterocycles. The molecule has 0 fully saturated rings. The molecule has 0 saturated carbocycles. The van der Waals surface area contributed by atoms with Gasteiger partial charge in [-0.05, 0) is 22.6 Å². The number of para-hydroxylation sites is 1. The van der Waals surface area contributed by atoms with Gasteiger partial charge < -0.3 is 14.6 Å². The molecule has 10 heteroatoms. The molecule has 2 aromatic heterocycles. The summed E-state index contributed by atoms with van der Waals surface area (Å²) < 4.78 is 8.33. The van der Waals surface area contributed by atoms with Crippen molar-refractivity contribution >= 4 is 23.4 Å². The van der Waals surface area contributed by atoms with E-state index < -0.39 is 0 Å². The lowest BCUT2D eigenvalue weighted by atomic mass is 10.3. The Kier molecular flexibility index (Phi) is 5.87. The molecule has 0 saturated heterocycles. The lowest BCUT2D eigenvalue weighted by Gasteiger charge is -2.14. The molecule has 0 aliphatic rings. The van der Waals surface area contributed by atoms with Crippen LogP contribution in [-0.2, 0) is 24.1 Å². The quantitative estimate of drug-likeness (QED) is 0.611. The van der Waals surface area contributed by atoms with E-state index in [1.54, 1.807) is 16.3 Å². The maximum absolute atomic E-state index is 12.4. The molecule has 9 nitrogen and oxygen atoms in total. The summed E-state index contributed by atoms with van der Waals surface area (Å²) in [6.07, 6.45) is 1.54. The van der Waals surface area contributed by atoms with Gasteiger partial charge in [0.25, 0.3) is 0 Å². The van der Waals surface area contributed by atoms with Crippen molar-refractivity contribution in [3.8, 4) is 5.75 Å². The maximum Gasteiger partial charge on any atom is 0.244 e. The summed E-state index contributed by atoms with van der Waals surface area (Å²) in [7, 11) is 3.15. The Labute approximate surface area is 159 Å². The molecule has 1 aromatic carbocycles. The molecule has 1 N–H and O–H groups in total. The number of tetrazole rings is 1. The molecule has 1 amide bonds. The first-order chi connectivity index (χ1) is 13.1. The second-order valence-electron chi connectivity index (χ2n) is 5.61. The molecule has 3 rings (SSSR count). The molecule has 0 unspecified atom stereocenters. The minimum atomic E-state index is -0.246. The fourth-order valence-corrected chi connectivity index (χ4v) is 3.22. The Morgan fingerprint density at radius 2 is 2.07 bits per heavy atom. The second-order valence-corrected chi connectivity index (χ2v) is 6.56. The van der Waals surface area contributed by atoms with Crippen LogP contribution in [0.4, 0.5) is 5.69 Å². The highest BCUT2D eigenvalue weighted by Gasteiger charge is 2.13. The summed E-state index contributed by atoms with van der Waals surface area (Å²) in [6.45, 7) is 0.0402. The highest BCUT2D eigenvalue weighted by Crippen LogP contribution is 2.20. The average molecular weight is 386 g/mol. The van der Waals surface area contributed by atoms with Crippen molar-refractivity contribution in [3.63, 3.8) is 0 Å². The van der Waals surface area contributed by atoms with Crippen LogP contribution in [0.5, 0.6) is 5.75 Å². The number of ether oxygens (including phenoxy) is 1. The van der Waals surface area contributed by atoms with Gasteiger partial charge in [0.05, 0.1) is 13.3 Å². The molecule has 0 bridgehead atoms. The number of amides is 1. The van der Waals surface area contributed by atoms with E-state index in [1.807, 2.05) is 30.3 Å². The van der Waals surface area contributed by atoms with E-state index in [1.165, 1.54) is 31.1 Å². The lowest BCUT2D eigenvalue weighted by Crippen LogP contribution is -2.22. The number of hydrogen-bond donors (Lipinski definition) is 1. The number of nitrogens with zero attached hydrogens (tertiary/aromatic N) is 5. The van der Waals surface area contributed by atoms with Gasteiger partial charge in [-0.2, -0.15) is 0 Å². The van der Waals surface area contributed by atoms with Crippen LogP contribution in [0.1, 0.15) is 5.69 Å². The third-order valence-electron chi connectivity index (χ3n) is 3.70. The topological polar surface area (TPSA) is 104 Å². The maximum atomic E-state index is 12.4. The highest BCUT2D eigenvalue weighted by atomic mass is 32.2. The zero-order valence-electron chi connectivity index (χ0n) is 14.8. The third kappa shape index (κ3) is 4.73. The molecule has 3 aromatic rings. The smallest absolute Gasteiger partial charge is 0.244 e. The van der Waals surface area contributed by atoms with E-state index in [0.29, 0.717) is 22.3 Å². The van der Waals surface area contributed by atoms with Crippen molar-refractivity contribution in [1.82, 2.24) is 24.8 Å². The first-order valence-electron chi connectivity index (χ1n) is 8.04. The number of carbonyl (C=O) groups excluding carboxylic acids is 1. The number of hydrogen-bond acceptors (Lipinski definition) is 7. The number of aryl methyl sites for hydroxylation is 1. The average Bonchev–Trinajstić information content (AvgIpc) is 3.07. The molecule has 140 valence electrons. The SMILES string of the molecule is COc1cn(CC(=O)Nc2ccccc2)c(CSc2nnnn2C)cc1=O. The lowest BCUT2D eigenvalue weighted by molar-refractivity contribution is -0.116. The number of aromatic nitrogens is 5. The summed E-state index contributed by atoms with van der Waals surface area (Å²) >= 11 is 1.37. The number of nitrogens with one attached hydrogen (secondary N) is 1. The van der Waals surface area contributed by atoms with Gasteiger partial charge in [-0.3, -0.25) is 9.59 Å². The van der Waals surface area contributed by atoms with Crippen LogP contribution in [-0.4, -0.2) is 37.8 Å². The van der Waals surface area contributed by atoms with E-state index in [4.69, 9.17) is 4.74 Å². The Morgan fingerprint density at radius 3 is 2.74 bits per heavy atom. The molecule has 0 aliphatic heterocycles. The van der Waals surface area contributed by atoms with E-state index in [9.17, 15) is 9.59 Å². The van der Waals surface area contributed by atoms with Gasteiger partial charge in [0, 0.05) is 30.2 Å². The molecule has 27 heavy (non-hydrogen) atoms. The summed E-state index contributed by atoms with van der Waals surface area (Å²) in [6, 6.07) is 10.6. The van der Waals surface area contributed by atoms with Crippen LogP contribution in [0.25, 0.3) is 0 Å². The number of methoxy groups -OCH3 is 1. The Bertz CT molecular complexity index is 986. The summed E-state index contributed by atoms with van der Waals surface area (Å²) in [4.78, 5) is 24.5. The monoisotopic (exact) mass is 386 g/mol. The van der Waals surface area contributed by atoms with Crippen LogP contribution in [0, 0.1) is 0 Å². The number of thioether (sulfide) groups is 1. The van der Waals surface area contributed by atoms with Gasteiger partial charge in [-0.15, -0.1) is 5.10 Å². The van der Waals surface area contributed by atoms with Gasteiger partial charge >= 0.3 is 0 Å². The third-order valence-corrected chi connectivity index (χ3v) is 4.75. The zero-order valence-corrected chi connectivity index (χ0v) is 15.6. The fourth-order valence-electron chi connectivity index (χ4n) is 2.38. The second kappa shape index (κ2) is 8.49. The molecular weight excluding hydrogens is 368 g/mol. The number of rotatable bonds is 7.